The Morgan fingerprint density at radius 3 is 2.26 bits per heavy atom. The van der Waals surface area contributed by atoms with E-state index in [2.05, 4.69) is 10.3 Å². The van der Waals surface area contributed by atoms with Crippen molar-refractivity contribution in [3.63, 3.8) is 0 Å². The van der Waals surface area contributed by atoms with Crippen molar-refractivity contribution in [1.82, 2.24) is 10.3 Å². The van der Waals surface area contributed by atoms with Gasteiger partial charge in [0, 0.05) is 36.4 Å². The van der Waals surface area contributed by atoms with Crippen LogP contribution in [0, 0.1) is 0 Å². The summed E-state index contributed by atoms with van der Waals surface area (Å²) in [5.74, 6) is 1.53. The van der Waals surface area contributed by atoms with E-state index in [-0.39, 0.29) is 18.1 Å². The van der Waals surface area contributed by atoms with Gasteiger partial charge < -0.3 is 25.3 Å². The third-order valence-electron chi connectivity index (χ3n) is 5.13. The van der Waals surface area contributed by atoms with Crippen LogP contribution in [0.4, 0.5) is 5.82 Å². The molecule has 3 rings (SSSR count). The third kappa shape index (κ3) is 6.13. The van der Waals surface area contributed by atoms with Gasteiger partial charge in [0.15, 0.2) is 17.3 Å². The summed E-state index contributed by atoms with van der Waals surface area (Å²) in [5, 5.41) is 2.82. The highest BCUT2D eigenvalue weighted by molar-refractivity contribution is 5.98. The average Bonchev–Trinajstić information content (AvgIpc) is 2.87. The molecule has 0 fully saturated rings. The molecule has 0 aliphatic carbocycles. The summed E-state index contributed by atoms with van der Waals surface area (Å²) in [6, 6.07) is 14.1. The zero-order valence-electron chi connectivity index (χ0n) is 19.3. The molecule has 2 aromatic carbocycles. The average molecular weight is 462 g/mol. The van der Waals surface area contributed by atoms with Crippen molar-refractivity contribution in [3.8, 4) is 17.2 Å². The van der Waals surface area contributed by atoms with Crippen molar-refractivity contribution in [2.75, 3.05) is 27.1 Å². The summed E-state index contributed by atoms with van der Waals surface area (Å²) < 4.78 is 15.9. The minimum atomic E-state index is -0.263. The number of rotatable bonds is 10. The van der Waals surface area contributed by atoms with Crippen LogP contribution in [0.2, 0.25) is 0 Å². The lowest BCUT2D eigenvalue weighted by Crippen LogP contribution is -2.20. The van der Waals surface area contributed by atoms with Gasteiger partial charge in [0.2, 0.25) is 11.7 Å². The first-order valence-electron chi connectivity index (χ1n) is 10.5. The Labute approximate surface area is 198 Å². The Morgan fingerprint density at radius 1 is 1.00 bits per heavy atom. The first-order valence-corrected chi connectivity index (χ1v) is 10.5. The Balaban J connectivity index is 1.57. The first kappa shape index (κ1) is 24.3. The van der Waals surface area contributed by atoms with Crippen LogP contribution in [0.3, 0.4) is 0 Å². The maximum atomic E-state index is 12.5. The number of hydrogen-bond acceptors (Lipinski definition) is 7. The molecular weight excluding hydrogens is 434 g/mol. The molecule has 0 saturated heterocycles. The van der Waals surface area contributed by atoms with E-state index in [4.69, 9.17) is 19.9 Å². The smallest absolute Gasteiger partial charge is 0.244 e. The summed E-state index contributed by atoms with van der Waals surface area (Å²) in [6.07, 6.45) is 4.86. The second-order valence-electron chi connectivity index (χ2n) is 7.35. The molecule has 1 aromatic heterocycles. The number of pyridine rings is 1. The molecule has 0 saturated carbocycles. The van der Waals surface area contributed by atoms with Crippen molar-refractivity contribution in [3.05, 3.63) is 83.1 Å². The number of ether oxygens (including phenoxy) is 3. The van der Waals surface area contributed by atoms with Crippen LogP contribution >= 0.6 is 0 Å². The normalized spacial score (nSPS) is 10.7. The number of nitrogens with two attached hydrogens (primary N) is 1. The summed E-state index contributed by atoms with van der Waals surface area (Å²) in [4.78, 5) is 28.8. The molecule has 0 bridgehead atoms. The molecule has 0 unspecified atom stereocenters. The summed E-state index contributed by atoms with van der Waals surface area (Å²) in [7, 11) is 4.60. The van der Waals surface area contributed by atoms with Gasteiger partial charge in [-0.1, -0.05) is 30.3 Å². The second kappa shape index (κ2) is 11.5. The number of methoxy groups -OCH3 is 3. The molecule has 0 atom stereocenters. The highest BCUT2D eigenvalue weighted by Crippen LogP contribution is 2.38. The fraction of sp³-hybridized carbons (Fsp3) is 0.192. The van der Waals surface area contributed by atoms with E-state index in [1.165, 1.54) is 27.4 Å². The first-order chi connectivity index (χ1) is 16.4. The minimum absolute atomic E-state index is 0.0523. The fourth-order valence-electron chi connectivity index (χ4n) is 3.30. The van der Waals surface area contributed by atoms with E-state index < -0.39 is 0 Å². The van der Waals surface area contributed by atoms with Gasteiger partial charge in [-0.3, -0.25) is 9.59 Å². The Morgan fingerprint density at radius 2 is 1.68 bits per heavy atom. The predicted octanol–water partition coefficient (Wildman–Crippen LogP) is 3.44. The molecule has 0 radical (unpaired) electrons. The zero-order valence-corrected chi connectivity index (χ0v) is 19.3. The maximum absolute atomic E-state index is 12.5. The Kier molecular flexibility index (Phi) is 8.23. The minimum Gasteiger partial charge on any atom is -0.493 e. The van der Waals surface area contributed by atoms with Crippen molar-refractivity contribution >= 4 is 23.6 Å². The number of carbonyl (C=O) groups is 2. The molecule has 176 valence electrons. The Bertz CT molecular complexity index is 1160. The molecule has 0 spiro atoms. The van der Waals surface area contributed by atoms with Crippen LogP contribution in [0.1, 0.15) is 27.0 Å². The molecule has 3 N–H and O–H groups in total. The lowest BCUT2D eigenvalue weighted by atomic mass is 10.0. The lowest BCUT2D eigenvalue weighted by Gasteiger charge is -2.12. The van der Waals surface area contributed by atoms with E-state index in [1.807, 2.05) is 12.1 Å². The second-order valence-corrected chi connectivity index (χ2v) is 7.35. The third-order valence-corrected chi connectivity index (χ3v) is 5.13. The number of Topliss-reactive ketones (excluding diaryl/α,β-unsaturated/α-hetero) is 1. The lowest BCUT2D eigenvalue weighted by molar-refractivity contribution is -0.116. The molecule has 3 aromatic rings. The number of carbonyl (C=O) groups excluding carboxylic acids is 2. The summed E-state index contributed by atoms with van der Waals surface area (Å²) in [5.41, 5.74) is 8.67. The van der Waals surface area contributed by atoms with Crippen molar-refractivity contribution in [2.24, 2.45) is 0 Å². The molecule has 0 aliphatic heterocycles. The van der Waals surface area contributed by atoms with Gasteiger partial charge >= 0.3 is 0 Å². The number of benzene rings is 2. The molecule has 1 heterocycles. The van der Waals surface area contributed by atoms with Gasteiger partial charge in [-0.15, -0.1) is 0 Å². The topological polar surface area (TPSA) is 113 Å². The maximum Gasteiger partial charge on any atom is 0.244 e. The van der Waals surface area contributed by atoms with Gasteiger partial charge in [-0.2, -0.15) is 0 Å². The van der Waals surface area contributed by atoms with E-state index in [9.17, 15) is 9.59 Å². The SMILES string of the molecule is COc1cc(/C=C/C(=O)NCc2ccc(C(=O)Cc3cccnc3N)cc2)cc(OC)c1OC. The van der Waals surface area contributed by atoms with Gasteiger partial charge in [0.25, 0.3) is 0 Å². The van der Waals surface area contributed by atoms with Crippen molar-refractivity contribution in [2.45, 2.75) is 13.0 Å². The van der Waals surface area contributed by atoms with Crippen molar-refractivity contribution in [1.29, 1.82) is 0 Å². The van der Waals surface area contributed by atoms with E-state index in [1.54, 1.807) is 48.7 Å². The predicted molar refractivity (Wildman–Crippen MR) is 130 cm³/mol. The van der Waals surface area contributed by atoms with Gasteiger partial charge in [0.1, 0.15) is 5.82 Å². The van der Waals surface area contributed by atoms with Crippen LogP contribution in [0.15, 0.2) is 60.8 Å². The fourth-order valence-corrected chi connectivity index (χ4v) is 3.30. The van der Waals surface area contributed by atoms with Crippen LogP contribution in [-0.4, -0.2) is 38.0 Å². The van der Waals surface area contributed by atoms with E-state index in [0.717, 1.165) is 11.1 Å². The van der Waals surface area contributed by atoms with Crippen molar-refractivity contribution < 1.29 is 23.8 Å². The summed E-state index contributed by atoms with van der Waals surface area (Å²) in [6.45, 7) is 0.322. The highest BCUT2D eigenvalue weighted by Gasteiger charge is 2.12. The number of nitrogens with zero attached hydrogens (tertiary/aromatic N) is 1. The van der Waals surface area contributed by atoms with Gasteiger partial charge in [0.05, 0.1) is 21.3 Å². The quantitative estimate of drug-likeness (QED) is 0.351. The Hall–Kier alpha value is -4.33. The molecule has 8 nitrogen and oxygen atoms in total. The molecule has 1 amide bonds. The number of hydrogen-bond donors (Lipinski definition) is 2. The molecule has 0 aliphatic rings. The largest absolute Gasteiger partial charge is 0.493 e. The number of nitrogens with one attached hydrogen (secondary N) is 1. The van der Waals surface area contributed by atoms with E-state index in [0.29, 0.717) is 40.7 Å². The standard InChI is InChI=1S/C26H27N3O5/c1-32-22-13-18(14-23(33-2)25(22)34-3)8-11-24(31)29-16-17-6-9-19(10-7-17)21(30)15-20-5-4-12-28-26(20)27/h4-14H,15-16H2,1-3H3,(H2,27,28)(H,29,31)/b11-8+. The number of nitrogen functional groups attached to an aromatic ring is 1. The number of amides is 1. The van der Waals surface area contributed by atoms with Crippen LogP contribution in [-0.2, 0) is 17.8 Å². The summed E-state index contributed by atoms with van der Waals surface area (Å²) >= 11 is 0. The van der Waals surface area contributed by atoms with Crippen LogP contribution < -0.4 is 25.3 Å². The molecule has 8 heteroatoms. The number of aromatic nitrogens is 1. The van der Waals surface area contributed by atoms with Gasteiger partial charge in [-0.25, -0.2) is 4.98 Å². The highest BCUT2D eigenvalue weighted by atomic mass is 16.5. The zero-order chi connectivity index (χ0) is 24.5. The monoisotopic (exact) mass is 461 g/mol. The van der Waals surface area contributed by atoms with E-state index >= 15 is 0 Å². The van der Waals surface area contributed by atoms with Crippen LogP contribution in [0.5, 0.6) is 17.2 Å². The molecule has 34 heavy (non-hydrogen) atoms. The number of ketones is 1. The van der Waals surface area contributed by atoms with Crippen LogP contribution in [0.25, 0.3) is 6.08 Å². The number of anilines is 1. The van der Waals surface area contributed by atoms with Gasteiger partial charge in [-0.05, 0) is 35.4 Å². The molecular formula is C26H27N3O5.